The van der Waals surface area contributed by atoms with Gasteiger partial charge in [-0.3, -0.25) is 4.79 Å². The molecule has 0 aromatic rings. The second-order valence-electron chi connectivity index (χ2n) is 3.69. The molecule has 0 radical (unpaired) electrons. The summed E-state index contributed by atoms with van der Waals surface area (Å²) < 4.78 is 0. The molecular weight excluding hydrogens is 252 g/mol. The number of rotatable bonds is 5. The molecule has 1 aliphatic rings. The van der Waals surface area contributed by atoms with Crippen molar-refractivity contribution in [2.45, 2.75) is 19.3 Å². The molecule has 0 aromatic heterocycles. The Hall–Kier alpha value is -0.850. The third-order valence-corrected chi connectivity index (χ3v) is 3.01. The van der Waals surface area contributed by atoms with Crippen LogP contribution in [0.2, 0.25) is 0 Å². The minimum atomic E-state index is 0.0325. The number of carbonyl (C=O) groups is 1. The maximum absolute atomic E-state index is 11.1. The Kier molecular flexibility index (Phi) is 4.80. The number of carbonyl (C=O) groups excluding carboxylic acids is 1. The van der Waals surface area contributed by atoms with E-state index in [9.17, 15) is 4.79 Å². The first-order valence-electron chi connectivity index (χ1n) is 5.05. The summed E-state index contributed by atoms with van der Waals surface area (Å²) in [6.45, 7) is 3.54. The van der Waals surface area contributed by atoms with Crippen molar-refractivity contribution in [2.24, 2.45) is 5.41 Å². The van der Waals surface area contributed by atoms with Crippen molar-refractivity contribution in [1.82, 2.24) is 0 Å². The highest BCUT2D eigenvalue weighted by Gasteiger charge is 2.24. The van der Waals surface area contributed by atoms with E-state index in [1.807, 2.05) is 18.2 Å². The van der Waals surface area contributed by atoms with Gasteiger partial charge in [0.05, 0.1) is 0 Å². The van der Waals surface area contributed by atoms with Gasteiger partial charge in [-0.2, -0.15) is 0 Å². The molecule has 0 saturated carbocycles. The fourth-order valence-corrected chi connectivity index (χ4v) is 2.42. The van der Waals surface area contributed by atoms with Crippen molar-refractivity contribution in [3.8, 4) is 0 Å². The lowest BCUT2D eigenvalue weighted by Gasteiger charge is -2.27. The molecule has 0 bridgehead atoms. The molecule has 1 rings (SSSR count). The van der Waals surface area contributed by atoms with Crippen LogP contribution in [-0.4, -0.2) is 11.1 Å². The summed E-state index contributed by atoms with van der Waals surface area (Å²) >= 11 is 3.45. The Bertz CT molecular complexity index is 316. The summed E-state index contributed by atoms with van der Waals surface area (Å²) in [7, 11) is 0. The van der Waals surface area contributed by atoms with E-state index in [2.05, 4.69) is 28.2 Å². The molecular formula is C13H15BrO. The lowest BCUT2D eigenvalue weighted by atomic mass is 9.77. The summed E-state index contributed by atoms with van der Waals surface area (Å²) in [5.41, 5.74) is 2.81. The van der Waals surface area contributed by atoms with Gasteiger partial charge in [0.2, 0.25) is 0 Å². The molecule has 0 aromatic carbocycles. The summed E-state index contributed by atoms with van der Waals surface area (Å²) in [4.78, 5) is 11.1. The molecule has 0 aliphatic heterocycles. The summed E-state index contributed by atoms with van der Waals surface area (Å²) in [6, 6.07) is 0. The van der Waals surface area contributed by atoms with Crippen LogP contribution in [0.3, 0.4) is 0 Å². The normalized spacial score (nSPS) is 17.5. The zero-order chi connectivity index (χ0) is 11.1. The van der Waals surface area contributed by atoms with Crippen molar-refractivity contribution < 1.29 is 4.79 Å². The molecule has 15 heavy (non-hydrogen) atoms. The smallest absolute Gasteiger partial charge is 0.178 e. The molecule has 0 saturated heterocycles. The number of hydrogen-bond donors (Lipinski definition) is 0. The van der Waals surface area contributed by atoms with Crippen LogP contribution in [0.25, 0.3) is 0 Å². The first-order chi connectivity index (χ1) is 7.22. The van der Waals surface area contributed by atoms with E-state index in [0.717, 1.165) is 24.6 Å². The Labute approximate surface area is 99.4 Å². The topological polar surface area (TPSA) is 17.1 Å². The van der Waals surface area contributed by atoms with Gasteiger partial charge in [-0.15, -0.1) is 5.73 Å². The van der Waals surface area contributed by atoms with Crippen LogP contribution in [-0.2, 0) is 4.79 Å². The molecule has 0 unspecified atom stereocenters. The van der Waals surface area contributed by atoms with Gasteiger partial charge >= 0.3 is 0 Å². The molecule has 2 heteroatoms. The predicted octanol–water partition coefficient (Wildman–Crippen LogP) is 3.57. The third kappa shape index (κ3) is 3.65. The molecule has 0 heterocycles. The van der Waals surface area contributed by atoms with E-state index >= 15 is 0 Å². The molecule has 0 amide bonds. The van der Waals surface area contributed by atoms with Crippen LogP contribution in [0.15, 0.2) is 42.7 Å². The number of allylic oxidation sites excluding steroid dienone is 5. The van der Waals surface area contributed by atoms with Gasteiger partial charge in [0, 0.05) is 10.7 Å². The van der Waals surface area contributed by atoms with E-state index in [-0.39, 0.29) is 11.2 Å². The molecule has 0 atom stereocenters. The van der Waals surface area contributed by atoms with Gasteiger partial charge in [-0.1, -0.05) is 34.7 Å². The van der Waals surface area contributed by atoms with Crippen molar-refractivity contribution >= 4 is 21.7 Å². The Balaban J connectivity index is 2.71. The van der Waals surface area contributed by atoms with Crippen LogP contribution in [0.5, 0.6) is 0 Å². The second-order valence-corrected chi connectivity index (χ2v) is 4.48. The second kappa shape index (κ2) is 5.89. The van der Waals surface area contributed by atoms with E-state index in [0.29, 0.717) is 0 Å². The summed E-state index contributed by atoms with van der Waals surface area (Å²) in [6.07, 6.45) is 12.3. The average molecular weight is 267 g/mol. The zero-order valence-corrected chi connectivity index (χ0v) is 10.3. The predicted molar refractivity (Wildman–Crippen MR) is 67.1 cm³/mol. The highest BCUT2D eigenvalue weighted by Crippen LogP contribution is 2.34. The molecule has 1 nitrogen and oxygen atoms in total. The molecule has 0 spiro atoms. The maximum atomic E-state index is 11.1. The van der Waals surface area contributed by atoms with Crippen LogP contribution in [0.1, 0.15) is 19.3 Å². The molecule has 1 aliphatic carbocycles. The Morgan fingerprint density at radius 2 is 2.07 bits per heavy atom. The van der Waals surface area contributed by atoms with Crippen molar-refractivity contribution in [2.75, 3.05) is 5.33 Å². The standard InChI is InChI=1S/C13H15BrO/c1-2-3-4-7-13(10-11-14)8-5-12(15)6-9-13/h3,5-6,8-9H,1,4,7,10-11H2. The highest BCUT2D eigenvalue weighted by molar-refractivity contribution is 9.09. The molecule has 80 valence electrons. The summed E-state index contributed by atoms with van der Waals surface area (Å²) in [5, 5.41) is 0.938. The van der Waals surface area contributed by atoms with Gasteiger partial charge in [0.15, 0.2) is 5.78 Å². The first kappa shape index (κ1) is 12.2. The maximum Gasteiger partial charge on any atom is 0.178 e. The monoisotopic (exact) mass is 266 g/mol. The van der Waals surface area contributed by atoms with E-state index in [4.69, 9.17) is 0 Å². The minimum Gasteiger partial charge on any atom is -0.290 e. The van der Waals surface area contributed by atoms with Gasteiger partial charge < -0.3 is 0 Å². The largest absolute Gasteiger partial charge is 0.290 e. The van der Waals surface area contributed by atoms with Gasteiger partial charge in [0.25, 0.3) is 0 Å². The zero-order valence-electron chi connectivity index (χ0n) is 8.71. The van der Waals surface area contributed by atoms with E-state index in [1.165, 1.54) is 0 Å². The quantitative estimate of drug-likeness (QED) is 0.549. The van der Waals surface area contributed by atoms with E-state index in [1.54, 1.807) is 12.2 Å². The number of hydrogen-bond acceptors (Lipinski definition) is 1. The van der Waals surface area contributed by atoms with Crippen molar-refractivity contribution in [3.63, 3.8) is 0 Å². The van der Waals surface area contributed by atoms with Crippen LogP contribution in [0, 0.1) is 5.41 Å². The lowest BCUT2D eigenvalue weighted by molar-refractivity contribution is -0.110. The summed E-state index contributed by atoms with van der Waals surface area (Å²) in [5.74, 6) is 0.0828. The number of halogens is 1. The number of alkyl halides is 1. The lowest BCUT2D eigenvalue weighted by Crippen LogP contribution is -2.19. The molecule has 0 N–H and O–H groups in total. The van der Waals surface area contributed by atoms with Crippen molar-refractivity contribution in [3.05, 3.63) is 42.7 Å². The third-order valence-electron chi connectivity index (χ3n) is 2.62. The highest BCUT2D eigenvalue weighted by atomic mass is 79.9. The van der Waals surface area contributed by atoms with Gasteiger partial charge in [0.1, 0.15) is 0 Å². The van der Waals surface area contributed by atoms with Crippen molar-refractivity contribution in [1.29, 1.82) is 0 Å². The van der Waals surface area contributed by atoms with Crippen LogP contribution in [0.4, 0.5) is 0 Å². The average Bonchev–Trinajstić information content (AvgIpc) is 2.23. The first-order valence-corrected chi connectivity index (χ1v) is 6.17. The Morgan fingerprint density at radius 3 is 2.60 bits per heavy atom. The van der Waals surface area contributed by atoms with Gasteiger partial charge in [-0.25, -0.2) is 0 Å². The molecule has 0 fully saturated rings. The fraction of sp³-hybridized carbons (Fsp3) is 0.385. The minimum absolute atomic E-state index is 0.0325. The Morgan fingerprint density at radius 1 is 1.40 bits per heavy atom. The SMILES string of the molecule is C=C=CCCC1(CCBr)C=CC(=O)C=C1. The van der Waals surface area contributed by atoms with Crippen LogP contribution >= 0.6 is 15.9 Å². The number of ketones is 1. The van der Waals surface area contributed by atoms with Crippen LogP contribution < -0.4 is 0 Å². The fourth-order valence-electron chi connectivity index (χ4n) is 1.68. The van der Waals surface area contributed by atoms with E-state index < -0.39 is 0 Å². The van der Waals surface area contributed by atoms with Gasteiger partial charge in [-0.05, 0) is 37.5 Å².